The van der Waals surface area contributed by atoms with E-state index in [9.17, 15) is 22.8 Å². The lowest BCUT2D eigenvalue weighted by Crippen LogP contribution is -2.45. The quantitative estimate of drug-likeness (QED) is 0.272. The van der Waals surface area contributed by atoms with Gasteiger partial charge in [-0.3, -0.25) is 9.59 Å². The van der Waals surface area contributed by atoms with Crippen LogP contribution in [0.3, 0.4) is 0 Å². The van der Waals surface area contributed by atoms with Crippen LogP contribution in [0.1, 0.15) is 61.0 Å². The van der Waals surface area contributed by atoms with E-state index in [1.165, 1.54) is 12.1 Å². The van der Waals surface area contributed by atoms with Crippen molar-refractivity contribution in [2.45, 2.75) is 57.2 Å². The van der Waals surface area contributed by atoms with Crippen molar-refractivity contribution in [3.05, 3.63) is 95.6 Å². The normalized spacial score (nSPS) is 16.1. The van der Waals surface area contributed by atoms with Crippen molar-refractivity contribution >= 4 is 11.9 Å². The molecule has 0 bridgehead atoms. The molecule has 3 aromatic rings. The highest BCUT2D eigenvalue weighted by Gasteiger charge is 2.32. The van der Waals surface area contributed by atoms with Crippen LogP contribution in [0.2, 0.25) is 0 Å². The Bertz CT molecular complexity index is 1300. The van der Waals surface area contributed by atoms with E-state index in [0.717, 1.165) is 56.6 Å². The van der Waals surface area contributed by atoms with Crippen LogP contribution in [0.4, 0.5) is 13.2 Å². The van der Waals surface area contributed by atoms with Crippen molar-refractivity contribution in [3.8, 4) is 11.1 Å². The van der Waals surface area contributed by atoms with Gasteiger partial charge < -0.3 is 15.0 Å². The van der Waals surface area contributed by atoms with Crippen molar-refractivity contribution in [3.63, 3.8) is 0 Å². The third-order valence-corrected chi connectivity index (χ3v) is 7.91. The summed E-state index contributed by atoms with van der Waals surface area (Å²) < 4.78 is 44.2. The zero-order valence-electron chi connectivity index (χ0n) is 23.5. The van der Waals surface area contributed by atoms with Gasteiger partial charge in [0.05, 0.1) is 18.6 Å². The van der Waals surface area contributed by atoms with E-state index < -0.39 is 11.7 Å². The fourth-order valence-electron chi connectivity index (χ4n) is 5.45. The van der Waals surface area contributed by atoms with Gasteiger partial charge in [0.15, 0.2) is 0 Å². The highest BCUT2D eigenvalue weighted by molar-refractivity contribution is 6.01. The largest absolute Gasteiger partial charge is 0.466 e. The summed E-state index contributed by atoms with van der Waals surface area (Å²) in [5.74, 6) is -0.429. The Balaban J connectivity index is 1.34. The number of hydrogen-bond donors (Lipinski definition) is 1. The summed E-state index contributed by atoms with van der Waals surface area (Å²) >= 11 is 0. The van der Waals surface area contributed by atoms with Crippen molar-refractivity contribution in [2.24, 2.45) is 0 Å². The van der Waals surface area contributed by atoms with E-state index >= 15 is 0 Å². The number of ether oxygens (including phenoxy) is 1. The highest BCUT2D eigenvalue weighted by Crippen LogP contribution is 2.33. The number of alkyl halides is 3. The number of nitrogens with one attached hydrogen (secondary N) is 1. The van der Waals surface area contributed by atoms with E-state index in [1.807, 2.05) is 25.1 Å². The number of halogens is 3. The van der Waals surface area contributed by atoms with Crippen molar-refractivity contribution in [1.82, 2.24) is 10.2 Å². The highest BCUT2D eigenvalue weighted by atomic mass is 19.4. The molecule has 218 valence electrons. The molecule has 1 aliphatic rings. The van der Waals surface area contributed by atoms with Crippen LogP contribution in [-0.2, 0) is 21.1 Å². The smallest absolute Gasteiger partial charge is 0.416 e. The molecular formula is C33H37F3N2O3. The van der Waals surface area contributed by atoms with Gasteiger partial charge >= 0.3 is 12.1 Å². The summed E-state index contributed by atoms with van der Waals surface area (Å²) in [6.45, 7) is 6.74. The number of carbonyl (C=O) groups is 2. The number of benzene rings is 3. The maximum Gasteiger partial charge on any atom is 0.416 e. The number of carbonyl (C=O) groups excluding carboxylic acids is 2. The van der Waals surface area contributed by atoms with E-state index in [2.05, 4.69) is 29.3 Å². The summed E-state index contributed by atoms with van der Waals surface area (Å²) in [5, 5.41) is 3.13. The van der Waals surface area contributed by atoms with Crippen molar-refractivity contribution < 1.29 is 27.5 Å². The van der Waals surface area contributed by atoms with Gasteiger partial charge in [-0.15, -0.1) is 0 Å². The third-order valence-electron chi connectivity index (χ3n) is 7.91. The molecular weight excluding hydrogens is 529 g/mol. The Hall–Kier alpha value is -3.65. The Morgan fingerprint density at radius 3 is 2.17 bits per heavy atom. The Morgan fingerprint density at radius 2 is 1.54 bits per heavy atom. The fraction of sp³-hybridized carbons (Fsp3) is 0.394. The second kappa shape index (κ2) is 13.3. The molecule has 3 aromatic carbocycles. The molecule has 0 spiro atoms. The van der Waals surface area contributed by atoms with Crippen LogP contribution < -0.4 is 5.32 Å². The number of rotatable bonds is 10. The molecule has 1 N–H and O–H groups in total. The van der Waals surface area contributed by atoms with Crippen LogP contribution in [0.25, 0.3) is 11.1 Å². The van der Waals surface area contributed by atoms with Crippen LogP contribution in [0.15, 0.2) is 78.9 Å². The average molecular weight is 567 g/mol. The van der Waals surface area contributed by atoms with Gasteiger partial charge in [-0.05, 0) is 67.6 Å². The first kappa shape index (κ1) is 30.3. The molecule has 0 radical (unpaired) electrons. The molecule has 1 atom stereocenters. The molecule has 1 amide bonds. The fourth-order valence-corrected chi connectivity index (χ4v) is 5.45. The predicted octanol–water partition coefficient (Wildman–Crippen LogP) is 6.87. The molecule has 0 aliphatic carbocycles. The monoisotopic (exact) mass is 566 g/mol. The SMILES string of the molecule is CCOC(=O)CC(C)(CCN1CCC(NC(=O)c2ccccc2-c2ccc(C(F)(F)F)cc2)CC1)c1ccccc1. The number of piperidine rings is 1. The molecule has 0 saturated carbocycles. The van der Waals surface area contributed by atoms with Gasteiger partial charge in [0.2, 0.25) is 0 Å². The maximum absolute atomic E-state index is 13.2. The molecule has 41 heavy (non-hydrogen) atoms. The number of esters is 1. The lowest BCUT2D eigenvalue weighted by Gasteiger charge is -2.36. The maximum atomic E-state index is 13.2. The minimum atomic E-state index is -4.41. The first-order valence-corrected chi connectivity index (χ1v) is 14.1. The summed E-state index contributed by atoms with van der Waals surface area (Å²) in [5.41, 5.74) is 1.63. The zero-order chi connectivity index (χ0) is 29.5. The summed E-state index contributed by atoms with van der Waals surface area (Å²) in [6.07, 6.45) is -1.73. The lowest BCUT2D eigenvalue weighted by atomic mass is 9.76. The standard InChI is InChI=1S/C33H37F3N2O3/c1-3-41-30(39)23-32(2,25-9-5-4-6-10-25)19-22-38-20-17-27(18-21-38)37-31(40)29-12-8-7-11-28(29)24-13-15-26(16-14-24)33(34,35)36/h4-16,27H,3,17-23H2,1-2H3,(H,37,40). The number of hydrogen-bond acceptors (Lipinski definition) is 4. The molecule has 1 saturated heterocycles. The Morgan fingerprint density at radius 1 is 0.902 bits per heavy atom. The molecule has 1 aliphatic heterocycles. The minimum Gasteiger partial charge on any atom is -0.466 e. The van der Waals surface area contributed by atoms with E-state index in [-0.39, 0.29) is 23.3 Å². The third kappa shape index (κ3) is 7.97. The summed E-state index contributed by atoms with van der Waals surface area (Å²) in [4.78, 5) is 28.0. The summed E-state index contributed by atoms with van der Waals surface area (Å²) in [7, 11) is 0. The van der Waals surface area contributed by atoms with Crippen LogP contribution in [0.5, 0.6) is 0 Å². The van der Waals surface area contributed by atoms with Crippen LogP contribution in [-0.4, -0.2) is 49.1 Å². The molecule has 0 aromatic heterocycles. The Kier molecular flexibility index (Phi) is 9.86. The van der Waals surface area contributed by atoms with Gasteiger partial charge in [0, 0.05) is 30.1 Å². The van der Waals surface area contributed by atoms with Crippen LogP contribution in [0, 0.1) is 0 Å². The zero-order valence-corrected chi connectivity index (χ0v) is 23.5. The molecule has 8 heteroatoms. The van der Waals surface area contributed by atoms with E-state index in [0.29, 0.717) is 29.7 Å². The predicted molar refractivity (Wildman–Crippen MR) is 153 cm³/mol. The number of nitrogens with zero attached hydrogens (tertiary/aromatic N) is 1. The van der Waals surface area contributed by atoms with Gasteiger partial charge in [0.1, 0.15) is 0 Å². The lowest BCUT2D eigenvalue weighted by molar-refractivity contribution is -0.144. The first-order chi connectivity index (χ1) is 19.6. The molecule has 1 fully saturated rings. The second-order valence-electron chi connectivity index (χ2n) is 10.9. The van der Waals surface area contributed by atoms with E-state index in [1.54, 1.807) is 24.3 Å². The van der Waals surface area contributed by atoms with Crippen molar-refractivity contribution in [2.75, 3.05) is 26.2 Å². The first-order valence-electron chi connectivity index (χ1n) is 14.1. The number of amides is 1. The molecule has 1 heterocycles. The van der Waals surface area contributed by atoms with Gasteiger partial charge in [-0.25, -0.2) is 0 Å². The van der Waals surface area contributed by atoms with Crippen molar-refractivity contribution in [1.29, 1.82) is 0 Å². The molecule has 1 unspecified atom stereocenters. The number of likely N-dealkylation sites (tertiary alicyclic amines) is 1. The van der Waals surface area contributed by atoms with E-state index in [4.69, 9.17) is 4.74 Å². The average Bonchev–Trinajstić information content (AvgIpc) is 2.97. The Labute approximate surface area is 239 Å². The van der Waals surface area contributed by atoms with Gasteiger partial charge in [-0.1, -0.05) is 67.6 Å². The minimum absolute atomic E-state index is 0.000509. The molecule has 5 nitrogen and oxygen atoms in total. The summed E-state index contributed by atoms with van der Waals surface area (Å²) in [6, 6.07) is 21.9. The molecule has 4 rings (SSSR count). The van der Waals surface area contributed by atoms with Gasteiger partial charge in [-0.2, -0.15) is 13.2 Å². The van der Waals surface area contributed by atoms with Crippen LogP contribution >= 0.6 is 0 Å². The topological polar surface area (TPSA) is 58.6 Å². The second-order valence-corrected chi connectivity index (χ2v) is 10.9. The van der Waals surface area contributed by atoms with Gasteiger partial charge in [0.25, 0.3) is 5.91 Å².